The van der Waals surface area contributed by atoms with Gasteiger partial charge in [-0.3, -0.25) is 4.79 Å². The van der Waals surface area contributed by atoms with Crippen molar-refractivity contribution in [2.75, 3.05) is 6.54 Å². The number of ether oxygens (including phenoxy) is 2. The van der Waals surface area contributed by atoms with Crippen molar-refractivity contribution >= 4 is 11.9 Å². The predicted octanol–water partition coefficient (Wildman–Crippen LogP) is 2.35. The van der Waals surface area contributed by atoms with Crippen molar-refractivity contribution in [2.24, 2.45) is 28.7 Å². The van der Waals surface area contributed by atoms with E-state index in [2.05, 4.69) is 11.9 Å². The number of nitrogens with zero attached hydrogens (tertiary/aromatic N) is 1. The molecule has 7 atom stereocenters. The zero-order valence-electron chi connectivity index (χ0n) is 14.4. The van der Waals surface area contributed by atoms with Crippen LogP contribution in [0.4, 0.5) is 0 Å². The summed E-state index contributed by atoms with van der Waals surface area (Å²) in [5.74, 6) is -0.401. The highest BCUT2D eigenvalue weighted by atomic mass is 17.3. The summed E-state index contributed by atoms with van der Waals surface area (Å²) in [4.78, 5) is 26.8. The molecule has 0 aromatic carbocycles. The van der Waals surface area contributed by atoms with E-state index in [-0.39, 0.29) is 18.4 Å². The number of fused-ring (bicyclic) bond motifs is 2. The van der Waals surface area contributed by atoms with Crippen LogP contribution in [0.5, 0.6) is 0 Å². The maximum absolute atomic E-state index is 10.9. The second-order valence-corrected chi connectivity index (χ2v) is 7.86. The van der Waals surface area contributed by atoms with Crippen LogP contribution in [0.25, 0.3) is 0 Å². The first-order valence-corrected chi connectivity index (χ1v) is 8.83. The highest BCUT2D eigenvalue weighted by Gasteiger charge is 2.69. The van der Waals surface area contributed by atoms with Crippen LogP contribution in [-0.2, 0) is 24.0 Å². The van der Waals surface area contributed by atoms with Crippen LogP contribution < -0.4 is 0 Å². The van der Waals surface area contributed by atoms with Gasteiger partial charge in [0.05, 0.1) is 0 Å². The van der Waals surface area contributed by atoms with Gasteiger partial charge in [-0.05, 0) is 32.1 Å². The fourth-order valence-corrected chi connectivity index (χ4v) is 5.10. The van der Waals surface area contributed by atoms with E-state index < -0.39 is 23.6 Å². The summed E-state index contributed by atoms with van der Waals surface area (Å²) in [7, 11) is 0. The minimum Gasteiger partial charge on any atom is -0.480 e. The SMILES string of the molecule is C[C@@H]1CCC2[C@@H](C)C(=NCC(=O)O)O[C@@H]3O[C@]4(C)CCC1C23OO4. The Morgan fingerprint density at radius 2 is 2.04 bits per heavy atom. The van der Waals surface area contributed by atoms with Gasteiger partial charge in [-0.15, -0.1) is 0 Å². The Bertz CT molecular complexity index is 579. The van der Waals surface area contributed by atoms with E-state index in [4.69, 9.17) is 24.4 Å². The molecule has 7 nitrogen and oxygen atoms in total. The lowest BCUT2D eigenvalue weighted by Gasteiger charge is -2.58. The molecule has 5 rings (SSSR count). The molecule has 4 saturated heterocycles. The Kier molecular flexibility index (Phi) is 3.67. The highest BCUT2D eigenvalue weighted by molar-refractivity contribution is 5.82. The van der Waals surface area contributed by atoms with Crippen LogP contribution >= 0.6 is 0 Å². The first kappa shape index (κ1) is 16.3. The van der Waals surface area contributed by atoms with Gasteiger partial charge >= 0.3 is 5.97 Å². The van der Waals surface area contributed by atoms with Crippen molar-refractivity contribution in [3.05, 3.63) is 0 Å². The second-order valence-electron chi connectivity index (χ2n) is 7.86. The molecule has 1 saturated carbocycles. The molecule has 1 spiro atoms. The molecule has 4 heterocycles. The van der Waals surface area contributed by atoms with Crippen LogP contribution in [-0.4, -0.2) is 41.2 Å². The van der Waals surface area contributed by atoms with E-state index in [0.29, 0.717) is 17.7 Å². The highest BCUT2D eigenvalue weighted by Crippen LogP contribution is 2.59. The Morgan fingerprint density at radius 1 is 1.25 bits per heavy atom. The molecule has 1 aliphatic carbocycles. The quantitative estimate of drug-likeness (QED) is 0.777. The molecule has 4 aliphatic heterocycles. The topological polar surface area (TPSA) is 86.6 Å². The number of hydrogen-bond donors (Lipinski definition) is 1. The summed E-state index contributed by atoms with van der Waals surface area (Å²) >= 11 is 0. The third-order valence-electron chi connectivity index (χ3n) is 6.37. The van der Waals surface area contributed by atoms with Gasteiger partial charge in [0.15, 0.2) is 11.5 Å². The number of hydrogen-bond acceptors (Lipinski definition) is 6. The minimum atomic E-state index is -0.969. The van der Waals surface area contributed by atoms with Gasteiger partial charge < -0.3 is 14.6 Å². The number of aliphatic imine (C=N–C) groups is 1. The van der Waals surface area contributed by atoms with Gasteiger partial charge in [-0.1, -0.05) is 13.8 Å². The van der Waals surface area contributed by atoms with Gasteiger partial charge in [-0.2, -0.15) is 0 Å². The second kappa shape index (κ2) is 5.41. The molecule has 0 radical (unpaired) electrons. The van der Waals surface area contributed by atoms with Gasteiger partial charge in [0.25, 0.3) is 0 Å². The number of carboxylic acid groups (broad SMARTS) is 1. The van der Waals surface area contributed by atoms with Crippen molar-refractivity contribution in [1.82, 2.24) is 0 Å². The van der Waals surface area contributed by atoms with Crippen molar-refractivity contribution in [2.45, 2.75) is 64.1 Å². The van der Waals surface area contributed by atoms with E-state index in [1.807, 2.05) is 13.8 Å². The molecule has 5 aliphatic rings. The van der Waals surface area contributed by atoms with Gasteiger partial charge in [0.2, 0.25) is 12.1 Å². The fourth-order valence-electron chi connectivity index (χ4n) is 5.10. The Morgan fingerprint density at radius 3 is 2.79 bits per heavy atom. The summed E-state index contributed by atoms with van der Waals surface area (Å²) in [6.07, 6.45) is 3.21. The molecule has 3 unspecified atom stereocenters. The largest absolute Gasteiger partial charge is 0.480 e. The number of rotatable bonds is 2. The van der Waals surface area contributed by atoms with Gasteiger partial charge in [-0.25, -0.2) is 14.8 Å². The van der Waals surface area contributed by atoms with Crippen LogP contribution in [0, 0.1) is 23.7 Å². The van der Waals surface area contributed by atoms with Crippen molar-refractivity contribution in [3.63, 3.8) is 0 Å². The van der Waals surface area contributed by atoms with E-state index >= 15 is 0 Å². The maximum Gasteiger partial charge on any atom is 0.325 e. The summed E-state index contributed by atoms with van der Waals surface area (Å²) in [6.45, 7) is 5.87. The molecular formula is C17H25NO6. The third-order valence-corrected chi connectivity index (χ3v) is 6.37. The predicted molar refractivity (Wildman–Crippen MR) is 83.0 cm³/mol. The molecule has 0 aromatic rings. The summed E-state index contributed by atoms with van der Waals surface area (Å²) in [5, 5.41) is 8.93. The molecule has 2 bridgehead atoms. The lowest BCUT2D eigenvalue weighted by molar-refractivity contribution is -0.557. The molecule has 0 aromatic heterocycles. The third kappa shape index (κ3) is 2.21. The van der Waals surface area contributed by atoms with Crippen molar-refractivity contribution in [1.29, 1.82) is 0 Å². The van der Waals surface area contributed by atoms with Crippen molar-refractivity contribution < 1.29 is 29.1 Å². The van der Waals surface area contributed by atoms with Crippen LogP contribution in [0.2, 0.25) is 0 Å². The van der Waals surface area contributed by atoms with Crippen molar-refractivity contribution in [3.8, 4) is 0 Å². The molecule has 134 valence electrons. The normalized spacial score (nSPS) is 51.6. The van der Waals surface area contributed by atoms with E-state index in [1.165, 1.54) is 0 Å². The van der Waals surface area contributed by atoms with Crippen LogP contribution in [0.1, 0.15) is 46.5 Å². The standard InChI is InChI=1S/C17H25NO6/c1-9-4-5-12-10(2)14(18-8-13(19)20)21-15-17(12)11(9)6-7-16(3,22-15)23-24-17/h9-12,15H,4-8H2,1-3H3,(H,19,20)/t9-,10-,11?,12?,15-,16+,17?/m1/s1. The van der Waals surface area contributed by atoms with Crippen LogP contribution in [0.3, 0.4) is 0 Å². The number of aliphatic carboxylic acids is 1. The summed E-state index contributed by atoms with van der Waals surface area (Å²) in [5.41, 5.74) is -0.630. The zero-order valence-corrected chi connectivity index (χ0v) is 14.4. The summed E-state index contributed by atoms with van der Waals surface area (Å²) in [6, 6.07) is 0. The summed E-state index contributed by atoms with van der Waals surface area (Å²) < 4.78 is 12.2. The lowest BCUT2D eigenvalue weighted by atomic mass is 9.58. The molecule has 1 N–H and O–H groups in total. The molecule has 0 amide bonds. The zero-order chi connectivity index (χ0) is 17.1. The Hall–Kier alpha value is -1.18. The van der Waals surface area contributed by atoms with E-state index in [1.54, 1.807) is 0 Å². The van der Waals surface area contributed by atoms with Gasteiger partial charge in [0.1, 0.15) is 6.54 Å². The molecule has 7 heteroatoms. The first-order valence-electron chi connectivity index (χ1n) is 8.83. The van der Waals surface area contributed by atoms with E-state index in [9.17, 15) is 4.79 Å². The number of carbonyl (C=O) groups is 1. The number of carboxylic acids is 1. The lowest BCUT2D eigenvalue weighted by Crippen LogP contribution is -2.69. The Balaban J connectivity index is 1.75. The average molecular weight is 339 g/mol. The monoisotopic (exact) mass is 339 g/mol. The fraction of sp³-hybridized carbons (Fsp3) is 0.882. The maximum atomic E-state index is 10.9. The van der Waals surface area contributed by atoms with Gasteiger partial charge in [0, 0.05) is 24.2 Å². The van der Waals surface area contributed by atoms with E-state index in [0.717, 1.165) is 25.7 Å². The Labute approximate surface area is 141 Å². The molecular weight excluding hydrogens is 314 g/mol. The molecule has 5 fully saturated rings. The smallest absolute Gasteiger partial charge is 0.325 e. The van der Waals surface area contributed by atoms with Crippen LogP contribution in [0.15, 0.2) is 4.99 Å². The first-order chi connectivity index (χ1) is 11.4. The average Bonchev–Trinajstić information content (AvgIpc) is 2.76. The minimum absolute atomic E-state index is 0.0229. The molecule has 24 heavy (non-hydrogen) atoms.